The van der Waals surface area contributed by atoms with Gasteiger partial charge in [0.2, 0.25) is 0 Å². The number of nitrogens with zero attached hydrogens (tertiary/aromatic N) is 2. The Hall–Kier alpha value is -2.25. The number of aromatic nitrogens is 2. The van der Waals surface area contributed by atoms with E-state index in [9.17, 15) is 4.79 Å². The van der Waals surface area contributed by atoms with E-state index in [4.69, 9.17) is 40.4 Å². The van der Waals surface area contributed by atoms with Crippen LogP contribution in [0.15, 0.2) is 24.3 Å². The fraction of sp³-hybridized carbons (Fsp3) is 0.450. The predicted molar refractivity (Wildman–Crippen MR) is 125 cm³/mol. The van der Waals surface area contributed by atoms with Gasteiger partial charge in [-0.1, -0.05) is 50.9 Å². The first-order chi connectivity index (χ1) is 13.6. The first-order valence-electron chi connectivity index (χ1n) is 9.33. The van der Waals surface area contributed by atoms with Crippen LogP contribution in [0.25, 0.3) is 0 Å². The van der Waals surface area contributed by atoms with Crippen LogP contribution in [-0.4, -0.2) is 22.8 Å². The molecule has 0 aliphatic heterocycles. The highest BCUT2D eigenvalue weighted by atomic mass is 35.5. The summed E-state index contributed by atoms with van der Waals surface area (Å²) >= 11 is 11.2. The van der Waals surface area contributed by atoms with E-state index in [1.165, 1.54) is 0 Å². The lowest BCUT2D eigenvalue weighted by molar-refractivity contribution is -0.108. The van der Waals surface area contributed by atoms with E-state index in [1.54, 1.807) is 18.2 Å². The monoisotopic (exact) mass is 442 g/mol. The highest BCUT2D eigenvalue weighted by Crippen LogP contribution is 2.18. The van der Waals surface area contributed by atoms with E-state index < -0.39 is 0 Å². The number of rotatable bonds is 6. The summed E-state index contributed by atoms with van der Waals surface area (Å²) in [5, 5.41) is 4.02. The third kappa shape index (κ3) is 13.5. The molecule has 2 aromatic heterocycles. The number of carbonyl (C=O) groups excluding carboxylic acids is 1. The molecule has 0 fully saturated rings. The number of anilines is 4. The molecule has 0 aliphatic rings. The maximum Gasteiger partial charge on any atom is 0.148 e. The van der Waals surface area contributed by atoms with Gasteiger partial charge in [-0.3, -0.25) is 0 Å². The summed E-state index contributed by atoms with van der Waals surface area (Å²) < 4.78 is 0. The van der Waals surface area contributed by atoms with Crippen LogP contribution in [0.5, 0.6) is 0 Å². The van der Waals surface area contributed by atoms with Crippen molar-refractivity contribution in [2.24, 2.45) is 11.8 Å². The minimum absolute atomic E-state index is 0.280. The molecule has 0 atom stereocenters. The maximum atomic E-state index is 9.62. The standard InChI is InChI=1S/C10H16ClN3.C5H6ClN3.C5H10O/c1-7(2)5-6-13-8-3-4-9(11)14-10(8)12;6-4-2-1-3(7)5(8)9-4;1-5(2)3-4-6/h3-4,7,13H,5-6H2,1-2H3,(H2,12,14);1-2H,7H2,(H2,8,9);4-5H,3H2,1-2H3. The summed E-state index contributed by atoms with van der Waals surface area (Å²) in [7, 11) is 0. The van der Waals surface area contributed by atoms with Crippen LogP contribution < -0.4 is 22.5 Å². The molecule has 0 saturated carbocycles. The van der Waals surface area contributed by atoms with Crippen molar-refractivity contribution in [2.75, 3.05) is 29.1 Å². The number of aldehydes is 1. The van der Waals surface area contributed by atoms with Crippen LogP contribution in [0.4, 0.5) is 23.0 Å². The van der Waals surface area contributed by atoms with Gasteiger partial charge in [-0.15, -0.1) is 0 Å². The van der Waals surface area contributed by atoms with E-state index in [0.29, 0.717) is 40.1 Å². The third-order valence-electron chi connectivity index (χ3n) is 3.42. The van der Waals surface area contributed by atoms with Gasteiger partial charge in [0.1, 0.15) is 28.2 Å². The average Bonchev–Trinajstić information content (AvgIpc) is 2.61. The van der Waals surface area contributed by atoms with Crippen LogP contribution >= 0.6 is 23.2 Å². The third-order valence-corrected chi connectivity index (χ3v) is 3.84. The summed E-state index contributed by atoms with van der Waals surface area (Å²) in [5.74, 6) is 1.95. The Morgan fingerprint density at radius 3 is 1.86 bits per heavy atom. The highest BCUT2D eigenvalue weighted by molar-refractivity contribution is 6.29. The molecule has 0 aliphatic carbocycles. The summed E-state index contributed by atoms with van der Waals surface area (Å²) in [6.45, 7) is 9.32. The SMILES string of the molecule is CC(C)CC=O.CC(C)CCNc1ccc(Cl)nc1N.Nc1ccc(Cl)nc1N. The Kier molecular flexibility index (Phi) is 13.6. The number of nitrogen functional groups attached to an aromatic ring is 3. The second-order valence-electron chi connectivity index (χ2n) is 7.08. The van der Waals surface area contributed by atoms with Crippen LogP contribution in [0.1, 0.15) is 40.5 Å². The summed E-state index contributed by atoms with van der Waals surface area (Å²) in [6, 6.07) is 6.79. The normalized spacial score (nSPS) is 9.93. The van der Waals surface area contributed by atoms with Gasteiger partial charge < -0.3 is 27.3 Å². The molecule has 2 heterocycles. The topological polar surface area (TPSA) is 133 Å². The average molecular weight is 443 g/mol. The number of pyridine rings is 2. The minimum Gasteiger partial charge on any atom is -0.396 e. The fourth-order valence-corrected chi connectivity index (χ4v) is 2.06. The molecule has 2 rings (SSSR count). The molecule has 9 heteroatoms. The van der Waals surface area contributed by atoms with Crippen LogP contribution in [0, 0.1) is 11.8 Å². The summed E-state index contributed by atoms with van der Waals surface area (Å²) in [5.41, 5.74) is 17.6. The minimum atomic E-state index is 0.280. The van der Waals surface area contributed by atoms with E-state index in [2.05, 4.69) is 29.1 Å². The van der Waals surface area contributed by atoms with Crippen molar-refractivity contribution in [2.45, 2.75) is 40.5 Å². The molecule has 29 heavy (non-hydrogen) atoms. The van der Waals surface area contributed by atoms with Crippen LogP contribution in [0.2, 0.25) is 10.3 Å². The molecule has 7 nitrogen and oxygen atoms in total. The molecule has 0 spiro atoms. The summed E-state index contributed by atoms with van der Waals surface area (Å²) in [4.78, 5) is 17.3. The van der Waals surface area contributed by atoms with Crippen molar-refractivity contribution < 1.29 is 4.79 Å². The Morgan fingerprint density at radius 1 is 0.931 bits per heavy atom. The van der Waals surface area contributed by atoms with Crippen molar-refractivity contribution in [1.29, 1.82) is 0 Å². The predicted octanol–water partition coefficient (Wildman–Crippen LogP) is 4.91. The maximum absolute atomic E-state index is 9.62. The zero-order chi connectivity index (χ0) is 22.4. The number of nitrogens with two attached hydrogens (primary N) is 3. The Morgan fingerprint density at radius 2 is 1.48 bits per heavy atom. The Bertz CT molecular complexity index is 741. The number of hydrogen-bond acceptors (Lipinski definition) is 7. The first-order valence-corrected chi connectivity index (χ1v) is 10.1. The second-order valence-corrected chi connectivity index (χ2v) is 7.86. The van der Waals surface area contributed by atoms with E-state index in [-0.39, 0.29) is 5.82 Å². The lowest BCUT2D eigenvalue weighted by Crippen LogP contribution is -2.07. The zero-order valence-electron chi connectivity index (χ0n) is 17.5. The van der Waals surface area contributed by atoms with Gasteiger partial charge in [0.15, 0.2) is 0 Å². The van der Waals surface area contributed by atoms with Gasteiger partial charge in [0.25, 0.3) is 0 Å². The number of nitrogens with one attached hydrogen (secondary N) is 1. The molecule has 2 aromatic rings. The number of hydrogen-bond donors (Lipinski definition) is 4. The van der Waals surface area contributed by atoms with Gasteiger partial charge in [-0.2, -0.15) is 0 Å². The lowest BCUT2D eigenvalue weighted by Gasteiger charge is -2.09. The molecule has 162 valence electrons. The molecule has 7 N–H and O–H groups in total. The number of carbonyl (C=O) groups is 1. The molecule has 0 aromatic carbocycles. The molecule has 0 amide bonds. The lowest BCUT2D eigenvalue weighted by atomic mass is 10.1. The van der Waals surface area contributed by atoms with Gasteiger partial charge in [-0.05, 0) is 42.5 Å². The smallest absolute Gasteiger partial charge is 0.148 e. The fourth-order valence-electron chi connectivity index (χ4n) is 1.75. The van der Waals surface area contributed by atoms with Gasteiger partial charge in [-0.25, -0.2) is 9.97 Å². The van der Waals surface area contributed by atoms with Gasteiger partial charge in [0.05, 0.1) is 11.4 Å². The van der Waals surface area contributed by atoms with Crippen LogP contribution in [0.3, 0.4) is 0 Å². The van der Waals surface area contributed by atoms with Gasteiger partial charge >= 0.3 is 0 Å². The van der Waals surface area contributed by atoms with E-state index >= 15 is 0 Å². The molecule has 0 saturated heterocycles. The van der Waals surface area contributed by atoms with Crippen molar-refractivity contribution in [1.82, 2.24) is 9.97 Å². The molecule has 0 unspecified atom stereocenters. The molecular weight excluding hydrogens is 411 g/mol. The number of halogens is 2. The van der Waals surface area contributed by atoms with E-state index in [1.807, 2.05) is 19.9 Å². The van der Waals surface area contributed by atoms with Crippen LogP contribution in [-0.2, 0) is 4.79 Å². The van der Waals surface area contributed by atoms with Crippen molar-refractivity contribution in [3.05, 3.63) is 34.6 Å². The van der Waals surface area contributed by atoms with Crippen molar-refractivity contribution in [3.63, 3.8) is 0 Å². The summed E-state index contributed by atoms with van der Waals surface area (Å²) in [6.07, 6.45) is 2.76. The van der Waals surface area contributed by atoms with Crippen molar-refractivity contribution >= 4 is 52.5 Å². The van der Waals surface area contributed by atoms with Crippen molar-refractivity contribution in [3.8, 4) is 0 Å². The van der Waals surface area contributed by atoms with Gasteiger partial charge in [0, 0.05) is 13.0 Å². The first kappa shape index (κ1) is 26.8. The Balaban J connectivity index is 0.000000448. The molecule has 0 radical (unpaired) electrons. The molecule has 0 bridgehead atoms. The second kappa shape index (κ2) is 14.7. The largest absolute Gasteiger partial charge is 0.396 e. The highest BCUT2D eigenvalue weighted by Gasteiger charge is 2.01. The quantitative estimate of drug-likeness (QED) is 0.368. The zero-order valence-corrected chi connectivity index (χ0v) is 19.0. The Labute approximate surface area is 183 Å². The van der Waals surface area contributed by atoms with E-state index in [0.717, 1.165) is 24.9 Å². The molecular formula is C20H32Cl2N6O.